The van der Waals surface area contributed by atoms with E-state index in [9.17, 15) is 14.4 Å². The summed E-state index contributed by atoms with van der Waals surface area (Å²) in [4.78, 5) is 38.0. The second kappa shape index (κ2) is 6.19. The first-order valence-electron chi connectivity index (χ1n) is 8.81. The van der Waals surface area contributed by atoms with Gasteiger partial charge in [-0.15, -0.1) is 0 Å². The summed E-state index contributed by atoms with van der Waals surface area (Å²) in [5.74, 6) is 0.585. The highest BCUT2D eigenvalue weighted by Gasteiger charge is 2.56. The summed E-state index contributed by atoms with van der Waals surface area (Å²) in [6.45, 7) is 2.55. The van der Waals surface area contributed by atoms with Crippen molar-refractivity contribution in [2.75, 3.05) is 25.1 Å². The molecule has 4 rings (SSSR count). The fourth-order valence-electron chi connectivity index (χ4n) is 3.38. The molecule has 4 amide bonds. The Morgan fingerprint density at radius 2 is 2.00 bits per heavy atom. The largest absolute Gasteiger partial charge is 0.490 e. The first kappa shape index (κ1) is 16.7. The summed E-state index contributed by atoms with van der Waals surface area (Å²) in [5.41, 5.74) is -0.358. The molecule has 2 N–H and O–H groups in total. The third-order valence-electron chi connectivity index (χ3n) is 5.03. The second-order valence-electron chi connectivity index (χ2n) is 7.06. The smallest absolute Gasteiger partial charge is 0.325 e. The van der Waals surface area contributed by atoms with Crippen LogP contribution >= 0.6 is 0 Å². The first-order valence-corrected chi connectivity index (χ1v) is 8.81. The molecule has 2 aliphatic heterocycles. The van der Waals surface area contributed by atoms with Gasteiger partial charge in [0.2, 0.25) is 5.91 Å². The van der Waals surface area contributed by atoms with Crippen LogP contribution in [0.4, 0.5) is 10.5 Å². The second-order valence-corrected chi connectivity index (χ2v) is 7.06. The van der Waals surface area contributed by atoms with Crippen LogP contribution in [0.2, 0.25) is 0 Å². The Hall–Kier alpha value is -2.77. The van der Waals surface area contributed by atoms with E-state index in [1.807, 2.05) is 0 Å². The van der Waals surface area contributed by atoms with Crippen molar-refractivity contribution in [3.63, 3.8) is 0 Å². The number of hydrogen-bond acceptors (Lipinski definition) is 5. The van der Waals surface area contributed by atoms with Crippen LogP contribution in [0.5, 0.6) is 11.5 Å². The van der Waals surface area contributed by atoms with Gasteiger partial charge in [0.15, 0.2) is 11.5 Å². The highest BCUT2D eigenvalue weighted by molar-refractivity contribution is 6.10. The van der Waals surface area contributed by atoms with Crippen molar-refractivity contribution in [3.8, 4) is 11.5 Å². The summed E-state index contributed by atoms with van der Waals surface area (Å²) < 4.78 is 11.1. The normalized spacial score (nSPS) is 24.9. The SMILES string of the molecule is C[C@@]1(C2CC2)NC(=O)N(CC(=O)Nc2ccc3c(c2)OCCCO3)C1=O. The quantitative estimate of drug-likeness (QED) is 0.794. The molecule has 0 bridgehead atoms. The number of carbonyl (C=O) groups excluding carboxylic acids is 3. The van der Waals surface area contributed by atoms with Crippen molar-refractivity contribution >= 4 is 23.5 Å². The Morgan fingerprint density at radius 3 is 2.73 bits per heavy atom. The Morgan fingerprint density at radius 1 is 1.27 bits per heavy atom. The molecule has 0 aromatic heterocycles. The van der Waals surface area contributed by atoms with Crippen LogP contribution in [0.15, 0.2) is 18.2 Å². The van der Waals surface area contributed by atoms with E-state index in [0.29, 0.717) is 30.4 Å². The van der Waals surface area contributed by atoms with Gasteiger partial charge in [-0.2, -0.15) is 0 Å². The van der Waals surface area contributed by atoms with Gasteiger partial charge < -0.3 is 20.1 Å². The van der Waals surface area contributed by atoms with Gasteiger partial charge in [-0.3, -0.25) is 14.5 Å². The molecule has 3 aliphatic rings. The van der Waals surface area contributed by atoms with Crippen molar-refractivity contribution in [1.29, 1.82) is 0 Å². The molecule has 1 aromatic carbocycles. The Kier molecular flexibility index (Phi) is 3.97. The zero-order valence-electron chi connectivity index (χ0n) is 14.5. The summed E-state index contributed by atoms with van der Waals surface area (Å²) in [6, 6.07) is 4.59. The van der Waals surface area contributed by atoms with Crippen LogP contribution in [-0.2, 0) is 9.59 Å². The third kappa shape index (κ3) is 2.95. The van der Waals surface area contributed by atoms with E-state index in [4.69, 9.17) is 9.47 Å². The number of benzene rings is 1. The molecule has 0 radical (unpaired) electrons. The lowest BCUT2D eigenvalue weighted by atomic mass is 9.96. The molecule has 26 heavy (non-hydrogen) atoms. The zero-order valence-corrected chi connectivity index (χ0v) is 14.5. The van der Waals surface area contributed by atoms with Crippen LogP contribution in [-0.4, -0.2) is 48.0 Å². The van der Waals surface area contributed by atoms with Crippen LogP contribution < -0.4 is 20.1 Å². The maximum Gasteiger partial charge on any atom is 0.325 e. The van der Waals surface area contributed by atoms with E-state index >= 15 is 0 Å². The van der Waals surface area contributed by atoms with Crippen LogP contribution in [0.3, 0.4) is 0 Å². The fraction of sp³-hybridized carbons (Fsp3) is 0.500. The third-order valence-corrected chi connectivity index (χ3v) is 5.03. The highest BCUT2D eigenvalue weighted by atomic mass is 16.5. The summed E-state index contributed by atoms with van der Waals surface area (Å²) in [7, 11) is 0. The number of anilines is 1. The van der Waals surface area contributed by atoms with Gasteiger partial charge >= 0.3 is 6.03 Å². The van der Waals surface area contributed by atoms with Crippen molar-refractivity contribution < 1.29 is 23.9 Å². The van der Waals surface area contributed by atoms with Gasteiger partial charge in [-0.05, 0) is 37.8 Å². The highest BCUT2D eigenvalue weighted by Crippen LogP contribution is 2.42. The lowest BCUT2D eigenvalue weighted by Gasteiger charge is -2.20. The number of nitrogens with one attached hydrogen (secondary N) is 2. The number of imide groups is 1. The molecule has 1 saturated heterocycles. The minimum Gasteiger partial charge on any atom is -0.490 e. The average molecular weight is 359 g/mol. The minimum atomic E-state index is -0.882. The number of ether oxygens (including phenoxy) is 2. The predicted octanol–water partition coefficient (Wildman–Crippen LogP) is 1.51. The van der Waals surface area contributed by atoms with Gasteiger partial charge in [0, 0.05) is 18.2 Å². The van der Waals surface area contributed by atoms with Gasteiger partial charge in [-0.25, -0.2) is 4.79 Å². The topological polar surface area (TPSA) is 97.0 Å². The maximum absolute atomic E-state index is 12.6. The van der Waals surface area contributed by atoms with Gasteiger partial charge in [-0.1, -0.05) is 0 Å². The van der Waals surface area contributed by atoms with E-state index in [-0.39, 0.29) is 18.4 Å². The Balaban J connectivity index is 1.42. The van der Waals surface area contributed by atoms with Crippen LogP contribution in [0, 0.1) is 5.92 Å². The number of urea groups is 1. The molecule has 1 aromatic rings. The maximum atomic E-state index is 12.6. The summed E-state index contributed by atoms with van der Waals surface area (Å²) >= 11 is 0. The fourth-order valence-corrected chi connectivity index (χ4v) is 3.38. The van der Waals surface area contributed by atoms with E-state index in [2.05, 4.69) is 10.6 Å². The molecule has 138 valence electrons. The van der Waals surface area contributed by atoms with E-state index in [0.717, 1.165) is 24.2 Å². The van der Waals surface area contributed by atoms with E-state index < -0.39 is 17.5 Å². The van der Waals surface area contributed by atoms with Crippen molar-refractivity contribution in [3.05, 3.63) is 18.2 Å². The van der Waals surface area contributed by atoms with Gasteiger partial charge in [0.1, 0.15) is 12.1 Å². The zero-order chi connectivity index (χ0) is 18.3. The Bertz CT molecular complexity index is 776. The molecule has 1 aliphatic carbocycles. The number of amides is 4. The monoisotopic (exact) mass is 359 g/mol. The van der Waals surface area contributed by atoms with Crippen molar-refractivity contribution in [2.45, 2.75) is 31.7 Å². The Labute approximate surface area is 150 Å². The molecular weight excluding hydrogens is 338 g/mol. The van der Waals surface area contributed by atoms with Gasteiger partial charge in [0.05, 0.1) is 13.2 Å². The number of nitrogens with zero attached hydrogens (tertiary/aromatic N) is 1. The molecule has 0 unspecified atom stereocenters. The molecule has 8 heteroatoms. The summed E-state index contributed by atoms with van der Waals surface area (Å²) in [6.07, 6.45) is 2.63. The van der Waals surface area contributed by atoms with E-state index in [1.165, 1.54) is 0 Å². The average Bonchev–Trinajstić information content (AvgIpc) is 3.43. The first-order chi connectivity index (χ1) is 12.5. The molecule has 1 atom stereocenters. The number of hydrogen-bond donors (Lipinski definition) is 2. The molecule has 8 nitrogen and oxygen atoms in total. The molecule has 0 spiro atoms. The molecular formula is C18H21N3O5. The molecule has 1 saturated carbocycles. The van der Waals surface area contributed by atoms with E-state index in [1.54, 1.807) is 25.1 Å². The van der Waals surface area contributed by atoms with Crippen LogP contribution in [0.1, 0.15) is 26.2 Å². The number of carbonyl (C=O) groups is 3. The standard InChI is InChI=1S/C18H21N3O5/c1-18(11-3-4-11)16(23)21(17(24)20-18)10-15(22)19-12-5-6-13-14(9-12)26-8-2-7-25-13/h5-6,9,11H,2-4,7-8,10H2,1H3,(H,19,22)(H,20,24)/t18-/m0/s1. The predicted molar refractivity (Wildman–Crippen MR) is 92.1 cm³/mol. The minimum absolute atomic E-state index is 0.161. The number of rotatable bonds is 4. The lowest BCUT2D eigenvalue weighted by Crippen LogP contribution is -2.46. The summed E-state index contributed by atoms with van der Waals surface area (Å²) in [5, 5.41) is 5.43. The molecule has 2 fully saturated rings. The van der Waals surface area contributed by atoms with Crippen LogP contribution in [0.25, 0.3) is 0 Å². The number of fused-ring (bicyclic) bond motifs is 1. The molecule has 2 heterocycles. The van der Waals surface area contributed by atoms with Crippen molar-refractivity contribution in [1.82, 2.24) is 10.2 Å². The lowest BCUT2D eigenvalue weighted by molar-refractivity contribution is -0.134. The van der Waals surface area contributed by atoms with Gasteiger partial charge in [0.25, 0.3) is 5.91 Å². The van der Waals surface area contributed by atoms with Crippen molar-refractivity contribution in [2.24, 2.45) is 5.92 Å².